The van der Waals surface area contributed by atoms with E-state index in [1.807, 2.05) is 19.1 Å². The van der Waals surface area contributed by atoms with Gasteiger partial charge in [0.2, 0.25) is 0 Å². The Labute approximate surface area is 170 Å². The van der Waals surface area contributed by atoms with E-state index in [9.17, 15) is 4.79 Å². The van der Waals surface area contributed by atoms with Crippen molar-refractivity contribution in [3.8, 4) is 16.8 Å². The highest BCUT2D eigenvalue weighted by Crippen LogP contribution is 2.31. The molecule has 4 heterocycles. The van der Waals surface area contributed by atoms with E-state index in [1.54, 1.807) is 51.7 Å². The number of fused-ring (bicyclic) bond motifs is 2. The largest absolute Gasteiger partial charge is 0.397 e. The molecule has 0 aliphatic heterocycles. The minimum atomic E-state index is -0.265. The Kier molecular flexibility index (Phi) is 3.85. The van der Waals surface area contributed by atoms with Gasteiger partial charge in [0, 0.05) is 22.3 Å². The fourth-order valence-electron chi connectivity index (χ4n) is 3.46. The predicted octanol–water partition coefficient (Wildman–Crippen LogP) is 3.64. The van der Waals surface area contributed by atoms with Gasteiger partial charge < -0.3 is 5.73 Å². The van der Waals surface area contributed by atoms with Gasteiger partial charge in [-0.1, -0.05) is 11.6 Å². The van der Waals surface area contributed by atoms with Crippen LogP contribution in [-0.4, -0.2) is 24.1 Å². The smallest absolute Gasteiger partial charge is 0.266 e. The zero-order valence-electron chi connectivity index (χ0n) is 15.4. The van der Waals surface area contributed by atoms with Crippen molar-refractivity contribution in [3.05, 3.63) is 82.1 Å². The van der Waals surface area contributed by atoms with Crippen LogP contribution in [0.1, 0.15) is 5.69 Å². The highest BCUT2D eigenvalue weighted by atomic mass is 35.5. The molecule has 7 nitrogen and oxygen atoms in total. The summed E-state index contributed by atoms with van der Waals surface area (Å²) in [6.45, 7) is 1.87. The predicted molar refractivity (Wildman–Crippen MR) is 113 cm³/mol. The summed E-state index contributed by atoms with van der Waals surface area (Å²) < 4.78 is 3.20. The number of benzene rings is 1. The van der Waals surface area contributed by atoms with Crippen LogP contribution in [0.5, 0.6) is 0 Å². The van der Waals surface area contributed by atoms with Gasteiger partial charge in [0.1, 0.15) is 12.0 Å². The van der Waals surface area contributed by atoms with Gasteiger partial charge >= 0.3 is 0 Å². The Morgan fingerprint density at radius 2 is 1.86 bits per heavy atom. The molecule has 29 heavy (non-hydrogen) atoms. The zero-order chi connectivity index (χ0) is 20.1. The lowest BCUT2D eigenvalue weighted by molar-refractivity contribution is 0.961. The fraction of sp³-hybridized carbons (Fsp3) is 0.0476. The Hall–Kier alpha value is -3.71. The number of nitrogens with two attached hydrogens (primary N) is 1. The van der Waals surface area contributed by atoms with E-state index in [-0.39, 0.29) is 5.56 Å². The first-order chi connectivity index (χ1) is 14.0. The van der Waals surface area contributed by atoms with Gasteiger partial charge in [0.25, 0.3) is 5.56 Å². The molecule has 142 valence electrons. The molecule has 0 saturated carbocycles. The molecule has 0 fully saturated rings. The molecule has 0 radical (unpaired) electrons. The van der Waals surface area contributed by atoms with Crippen LogP contribution in [-0.2, 0) is 0 Å². The van der Waals surface area contributed by atoms with E-state index in [0.29, 0.717) is 44.2 Å². The third-order valence-corrected chi connectivity index (χ3v) is 5.11. The van der Waals surface area contributed by atoms with Gasteiger partial charge in [0.05, 0.1) is 16.9 Å². The number of hydrogen-bond acceptors (Lipinski definition) is 5. The summed E-state index contributed by atoms with van der Waals surface area (Å²) >= 11 is 6.04. The molecule has 0 amide bonds. The Bertz CT molecular complexity index is 1450. The van der Waals surface area contributed by atoms with Crippen LogP contribution in [0.25, 0.3) is 33.5 Å². The van der Waals surface area contributed by atoms with Crippen molar-refractivity contribution in [1.82, 2.24) is 24.1 Å². The summed E-state index contributed by atoms with van der Waals surface area (Å²) in [7, 11) is 0. The van der Waals surface area contributed by atoms with E-state index >= 15 is 0 Å². The van der Waals surface area contributed by atoms with Gasteiger partial charge in [-0.05, 0) is 61.0 Å². The van der Waals surface area contributed by atoms with Crippen molar-refractivity contribution in [2.24, 2.45) is 0 Å². The second kappa shape index (κ2) is 6.42. The SMILES string of the molecule is Cc1ccc2c(N)c(-c3ccn4ncnc4c3)c(=O)n(-c3ccc(Cl)cc3)c2n1. The highest BCUT2D eigenvalue weighted by Gasteiger charge is 2.19. The molecular formula is C21H15ClN6O. The second-order valence-corrected chi connectivity index (χ2v) is 7.14. The monoisotopic (exact) mass is 402 g/mol. The first-order valence-electron chi connectivity index (χ1n) is 8.90. The first kappa shape index (κ1) is 17.4. The molecule has 8 heteroatoms. The van der Waals surface area contributed by atoms with Crippen LogP contribution in [0.2, 0.25) is 5.02 Å². The zero-order valence-corrected chi connectivity index (χ0v) is 16.1. The molecule has 0 spiro atoms. The summed E-state index contributed by atoms with van der Waals surface area (Å²) in [6.07, 6.45) is 3.21. The third-order valence-electron chi connectivity index (χ3n) is 4.86. The lowest BCUT2D eigenvalue weighted by Gasteiger charge is -2.16. The summed E-state index contributed by atoms with van der Waals surface area (Å²) in [5, 5.41) is 5.38. The molecule has 4 aromatic heterocycles. The molecule has 5 aromatic rings. The average molecular weight is 403 g/mol. The van der Waals surface area contributed by atoms with E-state index in [0.717, 1.165) is 5.69 Å². The van der Waals surface area contributed by atoms with Gasteiger partial charge in [0.15, 0.2) is 5.65 Å². The van der Waals surface area contributed by atoms with E-state index < -0.39 is 0 Å². The summed E-state index contributed by atoms with van der Waals surface area (Å²) in [4.78, 5) is 22.4. The van der Waals surface area contributed by atoms with Crippen molar-refractivity contribution in [3.63, 3.8) is 0 Å². The molecule has 5 rings (SSSR count). The Morgan fingerprint density at radius 3 is 2.66 bits per heavy atom. The number of pyridine rings is 3. The summed E-state index contributed by atoms with van der Waals surface area (Å²) in [5.41, 5.74) is 10.2. The van der Waals surface area contributed by atoms with E-state index in [2.05, 4.69) is 15.1 Å². The number of hydrogen-bond donors (Lipinski definition) is 1. The molecule has 0 atom stereocenters. The fourth-order valence-corrected chi connectivity index (χ4v) is 3.59. The maximum atomic E-state index is 13.6. The van der Waals surface area contributed by atoms with Crippen molar-refractivity contribution in [2.75, 3.05) is 5.73 Å². The summed E-state index contributed by atoms with van der Waals surface area (Å²) in [5.74, 6) is 0. The number of nitrogen functional groups attached to an aromatic ring is 1. The van der Waals surface area contributed by atoms with E-state index in [4.69, 9.17) is 17.3 Å². The Balaban J connectivity index is 1.91. The van der Waals surface area contributed by atoms with Crippen molar-refractivity contribution in [1.29, 1.82) is 0 Å². The van der Waals surface area contributed by atoms with Gasteiger partial charge in [-0.15, -0.1) is 0 Å². The number of anilines is 1. The topological polar surface area (TPSA) is 91.1 Å². The van der Waals surface area contributed by atoms with Crippen LogP contribution >= 0.6 is 11.6 Å². The van der Waals surface area contributed by atoms with Crippen molar-refractivity contribution in [2.45, 2.75) is 6.92 Å². The molecule has 2 N–H and O–H groups in total. The number of aryl methyl sites for hydroxylation is 1. The van der Waals surface area contributed by atoms with Crippen molar-refractivity contribution < 1.29 is 0 Å². The van der Waals surface area contributed by atoms with Crippen molar-refractivity contribution >= 4 is 34.0 Å². The number of aromatic nitrogens is 5. The minimum Gasteiger partial charge on any atom is -0.397 e. The van der Waals surface area contributed by atoms with Crippen LogP contribution in [0, 0.1) is 6.92 Å². The van der Waals surface area contributed by atoms with Crippen LogP contribution in [0.3, 0.4) is 0 Å². The maximum absolute atomic E-state index is 13.6. The molecule has 1 aromatic carbocycles. The molecule has 0 unspecified atom stereocenters. The molecule has 0 aliphatic rings. The van der Waals surface area contributed by atoms with Crippen LogP contribution in [0.15, 0.2) is 65.8 Å². The number of nitrogens with zero attached hydrogens (tertiary/aromatic N) is 5. The quantitative estimate of drug-likeness (QED) is 0.486. The summed E-state index contributed by atoms with van der Waals surface area (Å²) in [6, 6.07) is 14.4. The minimum absolute atomic E-state index is 0.265. The lowest BCUT2D eigenvalue weighted by atomic mass is 10.0. The lowest BCUT2D eigenvalue weighted by Crippen LogP contribution is -2.23. The van der Waals surface area contributed by atoms with E-state index in [1.165, 1.54) is 6.33 Å². The molecule has 0 bridgehead atoms. The molecule has 0 saturated heterocycles. The third kappa shape index (κ3) is 2.75. The first-order valence-corrected chi connectivity index (χ1v) is 9.28. The number of rotatable bonds is 2. The standard InChI is InChI=1S/C21H15ClN6O/c1-12-2-7-16-19(23)18(13-8-9-27-17(10-13)24-11-25-27)21(29)28(20(16)26-12)15-5-3-14(22)4-6-15/h2-11H,23H2,1H3. The van der Waals surface area contributed by atoms with Gasteiger partial charge in [-0.3, -0.25) is 9.36 Å². The molecule has 0 aliphatic carbocycles. The van der Waals surface area contributed by atoms with Crippen LogP contribution < -0.4 is 11.3 Å². The van der Waals surface area contributed by atoms with Crippen LogP contribution in [0.4, 0.5) is 5.69 Å². The van der Waals surface area contributed by atoms with Gasteiger partial charge in [-0.2, -0.15) is 5.10 Å². The second-order valence-electron chi connectivity index (χ2n) is 6.71. The van der Waals surface area contributed by atoms with Gasteiger partial charge in [-0.25, -0.2) is 14.5 Å². The average Bonchev–Trinajstić information content (AvgIpc) is 3.17. The number of halogens is 1. The molecular weight excluding hydrogens is 388 g/mol. The Morgan fingerprint density at radius 1 is 1.07 bits per heavy atom. The highest BCUT2D eigenvalue weighted by molar-refractivity contribution is 6.30. The normalized spacial score (nSPS) is 11.4. The maximum Gasteiger partial charge on any atom is 0.266 e.